The van der Waals surface area contributed by atoms with Gasteiger partial charge in [-0.25, -0.2) is 4.98 Å². The molecule has 1 aromatic carbocycles. The smallest absolute Gasteiger partial charge is 0.125 e. The molecule has 0 saturated heterocycles. The molecule has 2 rings (SSSR count). The standard InChI is InChI=1S/C12H10BrN3S/c13-8-4-3-5-9(11(8)12(14)15)17-10-6-1-2-7-16-10/h1-7H,(H3,14,15). The lowest BCUT2D eigenvalue weighted by molar-refractivity contribution is 1.13. The van der Waals surface area contributed by atoms with Crippen LogP contribution < -0.4 is 5.73 Å². The van der Waals surface area contributed by atoms with Crippen molar-refractivity contribution < 1.29 is 0 Å². The molecule has 17 heavy (non-hydrogen) atoms. The number of nitrogens with one attached hydrogen (secondary N) is 1. The van der Waals surface area contributed by atoms with E-state index in [-0.39, 0.29) is 5.84 Å². The highest BCUT2D eigenvalue weighted by Crippen LogP contribution is 2.32. The number of nitrogens with zero attached hydrogens (tertiary/aromatic N) is 1. The molecule has 0 spiro atoms. The molecule has 1 heterocycles. The number of rotatable bonds is 3. The Morgan fingerprint density at radius 3 is 2.71 bits per heavy atom. The fraction of sp³-hybridized carbons (Fsp3) is 0. The minimum Gasteiger partial charge on any atom is -0.384 e. The van der Waals surface area contributed by atoms with E-state index in [1.807, 2.05) is 36.4 Å². The van der Waals surface area contributed by atoms with E-state index in [0.717, 1.165) is 14.4 Å². The lowest BCUT2D eigenvalue weighted by Gasteiger charge is -2.09. The summed E-state index contributed by atoms with van der Waals surface area (Å²) in [6.07, 6.45) is 1.74. The fourth-order valence-electron chi connectivity index (χ4n) is 1.37. The highest BCUT2D eigenvalue weighted by Gasteiger charge is 2.10. The Bertz CT molecular complexity index is 543. The van der Waals surface area contributed by atoms with Gasteiger partial charge in [-0.2, -0.15) is 0 Å². The van der Waals surface area contributed by atoms with Gasteiger partial charge in [0.05, 0.1) is 0 Å². The van der Waals surface area contributed by atoms with Crippen molar-refractivity contribution in [2.45, 2.75) is 9.92 Å². The molecule has 0 atom stereocenters. The molecule has 0 unspecified atom stereocenters. The van der Waals surface area contributed by atoms with Crippen LogP contribution in [0.2, 0.25) is 0 Å². The third kappa shape index (κ3) is 2.87. The Morgan fingerprint density at radius 2 is 2.06 bits per heavy atom. The predicted molar refractivity (Wildman–Crippen MR) is 73.5 cm³/mol. The second kappa shape index (κ2) is 5.33. The predicted octanol–water partition coefficient (Wildman–Crippen LogP) is 3.28. The molecular formula is C12H10BrN3S. The summed E-state index contributed by atoms with van der Waals surface area (Å²) < 4.78 is 0.825. The lowest BCUT2D eigenvalue weighted by Crippen LogP contribution is -2.13. The fourth-order valence-corrected chi connectivity index (χ4v) is 3.04. The number of nitrogens with two attached hydrogens (primary N) is 1. The first kappa shape index (κ1) is 12.1. The summed E-state index contributed by atoms with van der Waals surface area (Å²) in [4.78, 5) is 5.16. The third-order valence-corrected chi connectivity index (χ3v) is 3.77. The number of amidine groups is 1. The first-order chi connectivity index (χ1) is 8.18. The molecule has 3 N–H and O–H groups in total. The van der Waals surface area contributed by atoms with Gasteiger partial charge < -0.3 is 5.73 Å². The van der Waals surface area contributed by atoms with E-state index in [1.165, 1.54) is 11.8 Å². The monoisotopic (exact) mass is 307 g/mol. The van der Waals surface area contributed by atoms with Crippen LogP contribution in [-0.2, 0) is 0 Å². The number of nitrogen functional groups attached to an aromatic ring is 1. The van der Waals surface area contributed by atoms with Crippen molar-refractivity contribution in [2.24, 2.45) is 5.73 Å². The van der Waals surface area contributed by atoms with Gasteiger partial charge in [0.15, 0.2) is 0 Å². The molecule has 86 valence electrons. The largest absolute Gasteiger partial charge is 0.384 e. The van der Waals surface area contributed by atoms with Crippen molar-refractivity contribution in [1.82, 2.24) is 4.98 Å². The molecule has 0 bridgehead atoms. The minimum atomic E-state index is 0.0518. The lowest BCUT2D eigenvalue weighted by atomic mass is 10.2. The van der Waals surface area contributed by atoms with Crippen molar-refractivity contribution in [3.05, 3.63) is 52.6 Å². The summed E-state index contributed by atoms with van der Waals surface area (Å²) in [5, 5.41) is 8.48. The van der Waals surface area contributed by atoms with Gasteiger partial charge in [-0.15, -0.1) is 0 Å². The van der Waals surface area contributed by atoms with Crippen LogP contribution in [-0.4, -0.2) is 10.8 Å². The Hall–Kier alpha value is -1.33. The van der Waals surface area contributed by atoms with Crippen molar-refractivity contribution in [3.8, 4) is 0 Å². The number of hydrogen-bond acceptors (Lipinski definition) is 3. The van der Waals surface area contributed by atoms with Gasteiger partial charge in [0.1, 0.15) is 10.9 Å². The van der Waals surface area contributed by atoms with E-state index >= 15 is 0 Å². The summed E-state index contributed by atoms with van der Waals surface area (Å²) in [7, 11) is 0. The number of halogens is 1. The molecule has 3 nitrogen and oxygen atoms in total. The van der Waals surface area contributed by atoms with Crippen LogP contribution in [0.4, 0.5) is 0 Å². The van der Waals surface area contributed by atoms with Gasteiger partial charge in [0, 0.05) is 21.1 Å². The number of hydrogen-bond donors (Lipinski definition) is 2. The maximum atomic E-state index is 7.60. The highest BCUT2D eigenvalue weighted by molar-refractivity contribution is 9.10. The van der Waals surface area contributed by atoms with E-state index in [1.54, 1.807) is 6.20 Å². The van der Waals surface area contributed by atoms with Gasteiger partial charge in [0.25, 0.3) is 0 Å². The molecule has 0 aliphatic carbocycles. The zero-order valence-corrected chi connectivity index (χ0v) is 11.3. The van der Waals surface area contributed by atoms with Crippen LogP contribution in [0.15, 0.2) is 57.0 Å². The van der Waals surface area contributed by atoms with E-state index in [2.05, 4.69) is 20.9 Å². The Labute approximate surface area is 112 Å². The molecular weight excluding hydrogens is 298 g/mol. The third-order valence-electron chi connectivity index (χ3n) is 2.10. The zero-order chi connectivity index (χ0) is 12.3. The number of aromatic nitrogens is 1. The Balaban J connectivity index is 2.40. The van der Waals surface area contributed by atoms with Gasteiger partial charge in [-0.1, -0.05) is 23.9 Å². The average Bonchev–Trinajstić information content (AvgIpc) is 2.30. The summed E-state index contributed by atoms with van der Waals surface area (Å²) in [5.41, 5.74) is 6.30. The average molecular weight is 308 g/mol. The summed E-state index contributed by atoms with van der Waals surface area (Å²) in [5.74, 6) is 0.0518. The van der Waals surface area contributed by atoms with Crippen LogP contribution in [0.25, 0.3) is 0 Å². The molecule has 0 aliphatic rings. The summed E-state index contributed by atoms with van der Waals surface area (Å²) in [6, 6.07) is 11.5. The first-order valence-corrected chi connectivity index (χ1v) is 6.51. The van der Waals surface area contributed by atoms with E-state index in [4.69, 9.17) is 11.1 Å². The molecule has 0 aliphatic heterocycles. The Morgan fingerprint density at radius 1 is 1.24 bits per heavy atom. The maximum absolute atomic E-state index is 7.60. The van der Waals surface area contributed by atoms with Crippen LogP contribution in [0.5, 0.6) is 0 Å². The van der Waals surface area contributed by atoms with E-state index in [9.17, 15) is 0 Å². The summed E-state index contributed by atoms with van der Waals surface area (Å²) >= 11 is 4.90. The molecule has 0 radical (unpaired) electrons. The van der Waals surface area contributed by atoms with Gasteiger partial charge >= 0.3 is 0 Å². The van der Waals surface area contributed by atoms with Crippen LogP contribution >= 0.6 is 27.7 Å². The zero-order valence-electron chi connectivity index (χ0n) is 8.85. The molecule has 0 amide bonds. The van der Waals surface area contributed by atoms with Crippen molar-refractivity contribution in [2.75, 3.05) is 0 Å². The summed E-state index contributed by atoms with van der Waals surface area (Å²) in [6.45, 7) is 0. The molecule has 0 fully saturated rings. The number of benzene rings is 1. The topological polar surface area (TPSA) is 62.8 Å². The van der Waals surface area contributed by atoms with E-state index in [0.29, 0.717) is 5.56 Å². The van der Waals surface area contributed by atoms with Crippen LogP contribution in [0, 0.1) is 5.41 Å². The second-order valence-electron chi connectivity index (χ2n) is 3.30. The van der Waals surface area contributed by atoms with Gasteiger partial charge in [-0.05, 0) is 40.2 Å². The molecule has 2 aromatic rings. The van der Waals surface area contributed by atoms with Crippen molar-refractivity contribution in [1.29, 1.82) is 5.41 Å². The first-order valence-electron chi connectivity index (χ1n) is 4.90. The molecule has 1 aromatic heterocycles. The quantitative estimate of drug-likeness (QED) is 0.675. The SMILES string of the molecule is N=C(N)c1c(Br)cccc1Sc1ccccn1. The second-order valence-corrected chi connectivity index (χ2v) is 5.21. The van der Waals surface area contributed by atoms with Crippen molar-refractivity contribution in [3.63, 3.8) is 0 Å². The maximum Gasteiger partial charge on any atom is 0.125 e. The molecule has 5 heteroatoms. The van der Waals surface area contributed by atoms with E-state index < -0.39 is 0 Å². The van der Waals surface area contributed by atoms with Crippen molar-refractivity contribution >= 4 is 33.5 Å². The minimum absolute atomic E-state index is 0.0518. The van der Waals surface area contributed by atoms with Gasteiger partial charge in [-0.3, -0.25) is 5.41 Å². The van der Waals surface area contributed by atoms with Gasteiger partial charge in [0.2, 0.25) is 0 Å². The normalized spacial score (nSPS) is 10.2. The molecule has 0 saturated carbocycles. The number of pyridine rings is 1. The van der Waals surface area contributed by atoms with Crippen LogP contribution in [0.1, 0.15) is 5.56 Å². The Kier molecular flexibility index (Phi) is 3.81. The van der Waals surface area contributed by atoms with Crippen LogP contribution in [0.3, 0.4) is 0 Å². The highest BCUT2D eigenvalue weighted by atomic mass is 79.9.